The van der Waals surface area contributed by atoms with Crippen LogP contribution in [-0.4, -0.2) is 36.3 Å². The van der Waals surface area contributed by atoms with Crippen LogP contribution in [0.1, 0.15) is 26.7 Å². The van der Waals surface area contributed by atoms with E-state index in [1.807, 2.05) is 0 Å². The molecule has 21 heavy (non-hydrogen) atoms. The van der Waals surface area contributed by atoms with E-state index in [1.165, 1.54) is 24.0 Å². The summed E-state index contributed by atoms with van der Waals surface area (Å²) in [7, 11) is 0. The standard InChI is InChI=1S/C16H21FN2O2/c1-12-6-5-9-18(10-12)16(21)11-19(13(2)20)15-8-4-3-7-14(15)17/h3-4,7-8,12H,5-6,9-11H2,1-2H3. The molecule has 0 radical (unpaired) electrons. The van der Waals surface area contributed by atoms with Crippen LogP contribution in [0.2, 0.25) is 0 Å². The second-order valence-corrected chi connectivity index (χ2v) is 5.64. The Labute approximate surface area is 124 Å². The van der Waals surface area contributed by atoms with Crippen molar-refractivity contribution in [3.05, 3.63) is 30.1 Å². The van der Waals surface area contributed by atoms with E-state index in [4.69, 9.17) is 0 Å². The molecule has 0 saturated carbocycles. The number of rotatable bonds is 3. The Bertz CT molecular complexity index is 533. The maximum atomic E-state index is 13.8. The number of anilines is 1. The molecule has 1 saturated heterocycles. The molecule has 114 valence electrons. The van der Waals surface area contributed by atoms with Crippen LogP contribution < -0.4 is 4.90 Å². The van der Waals surface area contributed by atoms with E-state index in [1.54, 1.807) is 17.0 Å². The highest BCUT2D eigenvalue weighted by Gasteiger charge is 2.25. The van der Waals surface area contributed by atoms with Crippen molar-refractivity contribution in [2.75, 3.05) is 24.5 Å². The van der Waals surface area contributed by atoms with Crippen LogP contribution in [-0.2, 0) is 9.59 Å². The highest BCUT2D eigenvalue weighted by Crippen LogP contribution is 2.20. The lowest BCUT2D eigenvalue weighted by atomic mass is 10.0. The largest absolute Gasteiger partial charge is 0.341 e. The van der Waals surface area contributed by atoms with Crippen molar-refractivity contribution >= 4 is 17.5 Å². The van der Waals surface area contributed by atoms with Gasteiger partial charge in [0.1, 0.15) is 12.4 Å². The molecule has 1 aliphatic rings. The molecule has 4 nitrogen and oxygen atoms in total. The number of nitrogens with zero attached hydrogens (tertiary/aromatic N) is 2. The highest BCUT2D eigenvalue weighted by atomic mass is 19.1. The molecule has 2 amide bonds. The van der Waals surface area contributed by atoms with E-state index < -0.39 is 5.82 Å². The summed E-state index contributed by atoms with van der Waals surface area (Å²) in [4.78, 5) is 27.1. The fraction of sp³-hybridized carbons (Fsp3) is 0.500. The predicted octanol–water partition coefficient (Wildman–Crippen LogP) is 2.44. The maximum absolute atomic E-state index is 13.8. The molecule has 1 unspecified atom stereocenters. The molecular formula is C16H21FN2O2. The third-order valence-corrected chi connectivity index (χ3v) is 3.83. The van der Waals surface area contributed by atoms with Crippen LogP contribution >= 0.6 is 0 Å². The summed E-state index contributed by atoms with van der Waals surface area (Å²) < 4.78 is 13.8. The fourth-order valence-electron chi connectivity index (χ4n) is 2.69. The summed E-state index contributed by atoms with van der Waals surface area (Å²) in [5.74, 6) is -0.479. The minimum Gasteiger partial charge on any atom is -0.341 e. The van der Waals surface area contributed by atoms with Gasteiger partial charge in [-0.1, -0.05) is 19.1 Å². The number of para-hydroxylation sites is 1. The molecule has 1 fully saturated rings. The Kier molecular flexibility index (Phi) is 4.94. The number of piperidine rings is 1. The van der Waals surface area contributed by atoms with Gasteiger partial charge in [0.05, 0.1) is 5.69 Å². The molecule has 0 spiro atoms. The second kappa shape index (κ2) is 6.70. The van der Waals surface area contributed by atoms with E-state index in [2.05, 4.69) is 6.92 Å². The van der Waals surface area contributed by atoms with Crippen LogP contribution in [0.25, 0.3) is 0 Å². The van der Waals surface area contributed by atoms with E-state index in [0.29, 0.717) is 19.0 Å². The lowest BCUT2D eigenvalue weighted by molar-refractivity contribution is -0.132. The van der Waals surface area contributed by atoms with Crippen LogP contribution in [0.3, 0.4) is 0 Å². The van der Waals surface area contributed by atoms with Crippen molar-refractivity contribution in [1.29, 1.82) is 0 Å². The van der Waals surface area contributed by atoms with Gasteiger partial charge in [-0.05, 0) is 30.9 Å². The van der Waals surface area contributed by atoms with Gasteiger partial charge in [0, 0.05) is 20.0 Å². The molecule has 1 atom stereocenters. The predicted molar refractivity (Wildman–Crippen MR) is 79.4 cm³/mol. The van der Waals surface area contributed by atoms with Gasteiger partial charge in [0.2, 0.25) is 11.8 Å². The van der Waals surface area contributed by atoms with E-state index in [0.717, 1.165) is 12.8 Å². The Hall–Kier alpha value is -1.91. The molecule has 0 aromatic heterocycles. The molecule has 1 aromatic carbocycles. The summed E-state index contributed by atoms with van der Waals surface area (Å²) in [6.07, 6.45) is 2.10. The monoisotopic (exact) mass is 292 g/mol. The Morgan fingerprint density at radius 3 is 2.71 bits per heavy atom. The van der Waals surface area contributed by atoms with Gasteiger partial charge in [-0.25, -0.2) is 4.39 Å². The summed E-state index contributed by atoms with van der Waals surface area (Å²) in [5.41, 5.74) is 0.156. The minimum absolute atomic E-state index is 0.108. The van der Waals surface area contributed by atoms with Gasteiger partial charge in [0.25, 0.3) is 0 Å². The number of likely N-dealkylation sites (tertiary alicyclic amines) is 1. The lowest BCUT2D eigenvalue weighted by Crippen LogP contribution is -2.46. The molecule has 1 aliphatic heterocycles. The van der Waals surface area contributed by atoms with Crippen molar-refractivity contribution in [2.24, 2.45) is 5.92 Å². The van der Waals surface area contributed by atoms with Crippen molar-refractivity contribution in [3.63, 3.8) is 0 Å². The van der Waals surface area contributed by atoms with Crippen LogP contribution in [0, 0.1) is 11.7 Å². The van der Waals surface area contributed by atoms with Gasteiger partial charge in [-0.15, -0.1) is 0 Å². The van der Waals surface area contributed by atoms with Crippen LogP contribution in [0.4, 0.5) is 10.1 Å². The Morgan fingerprint density at radius 1 is 1.38 bits per heavy atom. The molecule has 1 heterocycles. The maximum Gasteiger partial charge on any atom is 0.242 e. The molecular weight excluding hydrogens is 271 g/mol. The zero-order valence-corrected chi connectivity index (χ0v) is 12.5. The SMILES string of the molecule is CC(=O)N(CC(=O)N1CCCC(C)C1)c1ccccc1F. The van der Waals surface area contributed by atoms with E-state index in [9.17, 15) is 14.0 Å². The number of carbonyl (C=O) groups excluding carboxylic acids is 2. The summed E-state index contributed by atoms with van der Waals surface area (Å²) in [6, 6.07) is 6.02. The van der Waals surface area contributed by atoms with Gasteiger partial charge in [-0.3, -0.25) is 9.59 Å². The first-order chi connectivity index (χ1) is 9.99. The Balaban J connectivity index is 2.12. The normalized spacial score (nSPS) is 18.4. The van der Waals surface area contributed by atoms with Gasteiger partial charge in [-0.2, -0.15) is 0 Å². The number of hydrogen-bond acceptors (Lipinski definition) is 2. The third-order valence-electron chi connectivity index (χ3n) is 3.83. The number of carbonyl (C=O) groups is 2. The highest BCUT2D eigenvalue weighted by molar-refractivity contribution is 5.97. The van der Waals surface area contributed by atoms with Crippen LogP contribution in [0.15, 0.2) is 24.3 Å². The first-order valence-electron chi connectivity index (χ1n) is 7.29. The van der Waals surface area contributed by atoms with Gasteiger partial charge >= 0.3 is 0 Å². The number of amides is 2. The van der Waals surface area contributed by atoms with Crippen molar-refractivity contribution in [1.82, 2.24) is 4.90 Å². The number of hydrogen-bond donors (Lipinski definition) is 0. The fourth-order valence-corrected chi connectivity index (χ4v) is 2.69. The average molecular weight is 292 g/mol. The molecule has 2 rings (SSSR count). The van der Waals surface area contributed by atoms with E-state index in [-0.39, 0.29) is 24.0 Å². The quantitative estimate of drug-likeness (QED) is 0.858. The van der Waals surface area contributed by atoms with Crippen molar-refractivity contribution in [3.8, 4) is 0 Å². The summed E-state index contributed by atoms with van der Waals surface area (Å²) in [6.45, 7) is 4.77. The van der Waals surface area contributed by atoms with Crippen molar-refractivity contribution < 1.29 is 14.0 Å². The first kappa shape index (κ1) is 15.5. The second-order valence-electron chi connectivity index (χ2n) is 5.64. The topological polar surface area (TPSA) is 40.6 Å². The smallest absolute Gasteiger partial charge is 0.242 e. The van der Waals surface area contributed by atoms with E-state index >= 15 is 0 Å². The first-order valence-corrected chi connectivity index (χ1v) is 7.29. The molecule has 5 heteroatoms. The van der Waals surface area contributed by atoms with Crippen LogP contribution in [0.5, 0.6) is 0 Å². The van der Waals surface area contributed by atoms with Gasteiger partial charge < -0.3 is 9.80 Å². The zero-order valence-electron chi connectivity index (χ0n) is 12.5. The van der Waals surface area contributed by atoms with Crippen molar-refractivity contribution in [2.45, 2.75) is 26.7 Å². The summed E-state index contributed by atoms with van der Waals surface area (Å²) in [5, 5.41) is 0. The zero-order chi connectivity index (χ0) is 15.4. The minimum atomic E-state index is -0.493. The number of halogens is 1. The third kappa shape index (κ3) is 3.80. The van der Waals surface area contributed by atoms with Gasteiger partial charge in [0.15, 0.2) is 0 Å². The molecule has 0 bridgehead atoms. The Morgan fingerprint density at radius 2 is 2.10 bits per heavy atom. The lowest BCUT2D eigenvalue weighted by Gasteiger charge is -2.32. The average Bonchev–Trinajstić information content (AvgIpc) is 2.45. The molecule has 0 aliphatic carbocycles. The number of benzene rings is 1. The summed E-state index contributed by atoms with van der Waals surface area (Å²) >= 11 is 0. The molecule has 0 N–H and O–H groups in total. The molecule has 1 aromatic rings.